The summed E-state index contributed by atoms with van der Waals surface area (Å²) < 4.78 is 9.44. The highest BCUT2D eigenvalue weighted by molar-refractivity contribution is 7.25. The average molecular weight is 884 g/mol. The van der Waals surface area contributed by atoms with E-state index in [0.717, 1.165) is 55.5 Å². The van der Waals surface area contributed by atoms with Gasteiger partial charge in [0.1, 0.15) is 11.2 Å². The zero-order valence-electron chi connectivity index (χ0n) is 36.9. The molecule has 0 saturated carbocycles. The highest BCUT2D eigenvalue weighted by atomic mass is 32.1. The van der Waals surface area contributed by atoms with Crippen LogP contribution in [0.2, 0.25) is 0 Å². The number of anilines is 3. The lowest BCUT2D eigenvalue weighted by atomic mass is 9.68. The summed E-state index contributed by atoms with van der Waals surface area (Å²) in [5.74, 6) is 0. The van der Waals surface area contributed by atoms with Gasteiger partial charge in [-0.2, -0.15) is 0 Å². The Kier molecular flexibility index (Phi) is 8.71. The van der Waals surface area contributed by atoms with Crippen LogP contribution in [0.3, 0.4) is 0 Å². The Morgan fingerprint density at radius 3 is 1.66 bits per heavy atom. The second-order valence-electron chi connectivity index (χ2n) is 17.9. The van der Waals surface area contributed by atoms with Crippen LogP contribution in [-0.2, 0) is 5.41 Å². The second kappa shape index (κ2) is 15.3. The minimum Gasteiger partial charge on any atom is -0.455 e. The number of furan rings is 1. The van der Waals surface area contributed by atoms with Crippen LogP contribution in [0.25, 0.3) is 86.3 Å². The van der Waals surface area contributed by atoms with Crippen molar-refractivity contribution in [3.05, 3.63) is 271 Å². The zero-order valence-corrected chi connectivity index (χ0v) is 37.8. The molecule has 0 N–H and O–H groups in total. The molecule has 1 aliphatic carbocycles. The summed E-state index contributed by atoms with van der Waals surface area (Å²) in [5, 5.41) is 7.19. The molecule has 0 spiro atoms. The van der Waals surface area contributed by atoms with E-state index in [9.17, 15) is 0 Å². The van der Waals surface area contributed by atoms with Gasteiger partial charge in [0.05, 0.1) is 11.1 Å². The summed E-state index contributed by atoms with van der Waals surface area (Å²) in [6, 6.07) is 91.2. The van der Waals surface area contributed by atoms with Gasteiger partial charge in [-0.3, -0.25) is 0 Å². The van der Waals surface area contributed by atoms with Crippen LogP contribution >= 0.6 is 11.3 Å². The molecule has 0 bridgehead atoms. The molecule has 2 heterocycles. The lowest BCUT2D eigenvalue weighted by Gasteiger charge is -2.34. The van der Waals surface area contributed by atoms with Gasteiger partial charge < -0.3 is 9.32 Å². The number of nitrogens with zero attached hydrogens (tertiary/aromatic N) is 1. The lowest BCUT2D eigenvalue weighted by molar-refractivity contribution is 0.674. The summed E-state index contributed by atoms with van der Waals surface area (Å²) in [6.07, 6.45) is 0. The van der Waals surface area contributed by atoms with Crippen molar-refractivity contribution in [1.82, 2.24) is 0 Å². The molecular formula is C65H41NOS. The molecule has 1 aliphatic rings. The van der Waals surface area contributed by atoms with E-state index in [1.807, 2.05) is 11.3 Å². The van der Waals surface area contributed by atoms with Gasteiger partial charge in [-0.15, -0.1) is 11.3 Å². The molecule has 13 aromatic rings. The summed E-state index contributed by atoms with van der Waals surface area (Å²) >= 11 is 1.86. The van der Waals surface area contributed by atoms with Gasteiger partial charge in [0.15, 0.2) is 0 Å². The molecule has 0 atom stereocenters. The molecule has 14 rings (SSSR count). The van der Waals surface area contributed by atoms with E-state index in [0.29, 0.717) is 0 Å². The minimum absolute atomic E-state index is 0.525. The third-order valence-corrected chi connectivity index (χ3v) is 15.5. The van der Waals surface area contributed by atoms with E-state index in [1.165, 1.54) is 70.1 Å². The number of hydrogen-bond donors (Lipinski definition) is 0. The summed E-state index contributed by atoms with van der Waals surface area (Å²) in [4.78, 5) is 2.46. The van der Waals surface area contributed by atoms with Gasteiger partial charge in [0.25, 0.3) is 0 Å². The topological polar surface area (TPSA) is 16.4 Å². The zero-order chi connectivity index (χ0) is 44.8. The predicted molar refractivity (Wildman–Crippen MR) is 287 cm³/mol. The molecule has 0 aliphatic heterocycles. The number of para-hydroxylation sites is 1. The van der Waals surface area contributed by atoms with Crippen molar-refractivity contribution in [2.24, 2.45) is 0 Å². The van der Waals surface area contributed by atoms with E-state index in [4.69, 9.17) is 4.42 Å². The summed E-state index contributed by atoms with van der Waals surface area (Å²) in [7, 11) is 0. The van der Waals surface area contributed by atoms with Crippen LogP contribution in [0.15, 0.2) is 253 Å². The van der Waals surface area contributed by atoms with E-state index >= 15 is 0 Å². The van der Waals surface area contributed by atoms with Gasteiger partial charge in [-0.1, -0.05) is 200 Å². The highest BCUT2D eigenvalue weighted by Gasteiger charge is 2.47. The molecule has 0 unspecified atom stereocenters. The van der Waals surface area contributed by atoms with Crippen LogP contribution in [0, 0.1) is 0 Å². The molecule has 0 saturated heterocycles. The van der Waals surface area contributed by atoms with Crippen molar-refractivity contribution in [3.8, 4) is 33.4 Å². The number of hydrogen-bond acceptors (Lipinski definition) is 3. The van der Waals surface area contributed by atoms with Crippen LogP contribution in [0.1, 0.15) is 22.3 Å². The first-order valence-electron chi connectivity index (χ1n) is 23.3. The minimum atomic E-state index is -0.525. The Labute approximate surface area is 398 Å². The van der Waals surface area contributed by atoms with Gasteiger partial charge in [-0.25, -0.2) is 0 Å². The molecule has 2 aromatic heterocycles. The van der Waals surface area contributed by atoms with Crippen LogP contribution in [0.4, 0.5) is 17.1 Å². The maximum atomic E-state index is 6.83. The first-order valence-corrected chi connectivity index (χ1v) is 24.1. The van der Waals surface area contributed by atoms with E-state index in [2.05, 4.69) is 254 Å². The number of rotatable bonds is 7. The van der Waals surface area contributed by atoms with Gasteiger partial charge >= 0.3 is 0 Å². The Bertz CT molecular complexity index is 4030. The van der Waals surface area contributed by atoms with Crippen molar-refractivity contribution < 1.29 is 4.42 Å². The number of benzene rings is 11. The largest absolute Gasteiger partial charge is 0.455 e. The molecule has 11 aromatic carbocycles. The van der Waals surface area contributed by atoms with E-state index < -0.39 is 5.41 Å². The highest BCUT2D eigenvalue weighted by Crippen LogP contribution is 2.59. The van der Waals surface area contributed by atoms with Crippen LogP contribution in [-0.4, -0.2) is 0 Å². The Morgan fingerprint density at radius 2 is 0.897 bits per heavy atom. The maximum Gasteiger partial charge on any atom is 0.143 e. The normalized spacial score (nSPS) is 12.8. The van der Waals surface area contributed by atoms with Gasteiger partial charge in [0.2, 0.25) is 0 Å². The summed E-state index contributed by atoms with van der Waals surface area (Å²) in [6.45, 7) is 0. The Hall–Kier alpha value is -8.50. The first kappa shape index (κ1) is 38.7. The van der Waals surface area contributed by atoms with E-state index in [1.54, 1.807) is 0 Å². The van der Waals surface area contributed by atoms with Crippen molar-refractivity contribution in [3.63, 3.8) is 0 Å². The van der Waals surface area contributed by atoms with Gasteiger partial charge in [-0.05, 0) is 98.4 Å². The van der Waals surface area contributed by atoms with Crippen molar-refractivity contribution in [2.75, 3.05) is 4.90 Å². The molecule has 0 radical (unpaired) electrons. The lowest BCUT2D eigenvalue weighted by Crippen LogP contribution is -2.28. The molecule has 318 valence electrons. The fraction of sp³-hybridized carbons (Fsp3) is 0.0154. The third kappa shape index (κ3) is 5.70. The molecule has 0 fully saturated rings. The number of thiophene rings is 1. The monoisotopic (exact) mass is 883 g/mol. The van der Waals surface area contributed by atoms with Crippen molar-refractivity contribution >= 4 is 81.3 Å². The molecular weight excluding hydrogens is 843 g/mol. The summed E-state index contributed by atoms with van der Waals surface area (Å²) in [5.41, 5.74) is 16.7. The Morgan fingerprint density at radius 1 is 0.353 bits per heavy atom. The first-order chi connectivity index (χ1) is 33.7. The molecule has 68 heavy (non-hydrogen) atoms. The predicted octanol–water partition coefficient (Wildman–Crippen LogP) is 18.3. The standard InChI is InChI=1S/C65H41NOS/c1-3-17-45(18-4-1)65(46-19-5-2-6-20-46)56-27-11-9-22-54(56)62-57(65)28-15-29-58(62)66(47-37-32-43(33-38-47)49-24-14-31-60-61(49)55-23-10-12-30-59(55)68-60)48-39-34-44(35-40-48)51-25-13-26-52-53-41-36-42-16-7-8-21-50(42)64(53)67-63(51)52/h1-41H. The fourth-order valence-electron chi connectivity index (χ4n) is 11.4. The third-order valence-electron chi connectivity index (χ3n) is 14.4. The van der Waals surface area contributed by atoms with Crippen molar-refractivity contribution in [2.45, 2.75) is 5.41 Å². The van der Waals surface area contributed by atoms with Gasteiger partial charge in [0, 0.05) is 58.8 Å². The quantitative estimate of drug-likeness (QED) is 0.159. The fourth-order valence-corrected chi connectivity index (χ4v) is 12.6. The SMILES string of the molecule is c1ccc(C2(c3ccccc3)c3ccccc3-c3c(N(c4ccc(-c5cccc6c5oc5c7ccccc7ccc65)cc4)c4ccc(-c5cccc6sc7ccccc7c56)cc4)cccc32)cc1. The average Bonchev–Trinajstić information content (AvgIpc) is 4.09. The van der Waals surface area contributed by atoms with Crippen LogP contribution < -0.4 is 4.90 Å². The smallest absolute Gasteiger partial charge is 0.143 e. The Balaban J connectivity index is 0.971. The van der Waals surface area contributed by atoms with Crippen molar-refractivity contribution in [1.29, 1.82) is 0 Å². The molecule has 3 heteroatoms. The number of fused-ring (bicyclic) bond motifs is 11. The molecule has 0 amide bonds. The van der Waals surface area contributed by atoms with E-state index in [-0.39, 0.29) is 0 Å². The molecule has 2 nitrogen and oxygen atoms in total. The van der Waals surface area contributed by atoms with Crippen LogP contribution in [0.5, 0.6) is 0 Å². The second-order valence-corrected chi connectivity index (χ2v) is 19.0. The maximum absolute atomic E-state index is 6.83.